The van der Waals surface area contributed by atoms with Crippen molar-refractivity contribution in [1.29, 1.82) is 0 Å². The van der Waals surface area contributed by atoms with Gasteiger partial charge in [0.2, 0.25) is 0 Å². The van der Waals surface area contributed by atoms with Gasteiger partial charge in [-0.1, -0.05) is 0 Å². The summed E-state index contributed by atoms with van der Waals surface area (Å²) < 4.78 is 1.56. The minimum Gasteiger partial charge on any atom is -0.284 e. The molecule has 1 aromatic rings. The lowest BCUT2D eigenvalue weighted by atomic mass is 9.92. The molecule has 0 bridgehead atoms. The summed E-state index contributed by atoms with van der Waals surface area (Å²) in [4.78, 5) is 0. The summed E-state index contributed by atoms with van der Waals surface area (Å²) in [6.45, 7) is 1.84. The van der Waals surface area contributed by atoms with Crippen molar-refractivity contribution < 1.29 is 0 Å². The Kier molecular flexibility index (Phi) is 1.39. The summed E-state index contributed by atoms with van der Waals surface area (Å²) >= 11 is 0. The fourth-order valence-corrected chi connectivity index (χ4v) is 0.664. The van der Waals surface area contributed by atoms with Gasteiger partial charge in [-0.2, -0.15) is 5.10 Å². The normalized spacial score (nSPS) is 10.0. The van der Waals surface area contributed by atoms with Gasteiger partial charge in [-0.15, -0.1) is 0 Å². The van der Waals surface area contributed by atoms with E-state index in [9.17, 15) is 0 Å². The second-order valence-corrected chi connectivity index (χ2v) is 2.02. The Bertz CT molecular complexity index is 207. The highest BCUT2D eigenvalue weighted by Crippen LogP contribution is 1.80. The zero-order chi connectivity index (χ0) is 7.02. The highest BCUT2D eigenvalue weighted by molar-refractivity contribution is 6.38. The Morgan fingerprint density at radius 3 is 2.11 bits per heavy atom. The van der Waals surface area contributed by atoms with Gasteiger partial charge < -0.3 is 0 Å². The van der Waals surface area contributed by atoms with Gasteiger partial charge >= 0.3 is 0 Å². The Morgan fingerprint density at radius 2 is 2.00 bits per heavy atom. The topological polar surface area (TPSA) is 17.8 Å². The maximum absolute atomic E-state index is 5.52. The molecule has 2 nitrogen and oxygen atoms in total. The standard InChI is InChI=1S/C5H6B2N2/c1-3-4(6)8-9(2)5(3)7/h1-2H3. The molecule has 4 heteroatoms. The van der Waals surface area contributed by atoms with Gasteiger partial charge in [-0.25, -0.2) is 0 Å². The number of hydrogen-bond acceptors (Lipinski definition) is 1. The van der Waals surface area contributed by atoms with E-state index in [2.05, 4.69) is 5.10 Å². The monoisotopic (exact) mass is 116 g/mol. The molecule has 0 saturated heterocycles. The predicted molar refractivity (Wildman–Crippen MR) is 38.7 cm³/mol. The third kappa shape index (κ3) is 0.889. The maximum atomic E-state index is 5.52. The van der Waals surface area contributed by atoms with Gasteiger partial charge in [-0.3, -0.25) is 4.68 Å². The van der Waals surface area contributed by atoms with Crippen molar-refractivity contribution in [2.45, 2.75) is 6.92 Å². The van der Waals surface area contributed by atoms with Crippen molar-refractivity contribution in [2.24, 2.45) is 7.05 Å². The van der Waals surface area contributed by atoms with Gasteiger partial charge in [0, 0.05) is 12.6 Å². The lowest BCUT2D eigenvalue weighted by molar-refractivity contribution is 0.799. The van der Waals surface area contributed by atoms with Crippen molar-refractivity contribution in [3.8, 4) is 0 Å². The smallest absolute Gasteiger partial charge is 0.144 e. The third-order valence-electron chi connectivity index (χ3n) is 1.37. The predicted octanol–water partition coefficient (Wildman–Crippen LogP) is -1.68. The van der Waals surface area contributed by atoms with Crippen LogP contribution in [0.4, 0.5) is 0 Å². The molecule has 1 rings (SSSR count). The van der Waals surface area contributed by atoms with Crippen molar-refractivity contribution in [2.75, 3.05) is 0 Å². The van der Waals surface area contributed by atoms with E-state index in [4.69, 9.17) is 15.7 Å². The quantitative estimate of drug-likeness (QED) is 0.370. The molecular weight excluding hydrogens is 110 g/mol. The summed E-state index contributed by atoms with van der Waals surface area (Å²) in [6.07, 6.45) is 0. The first-order valence-corrected chi connectivity index (χ1v) is 2.67. The van der Waals surface area contributed by atoms with Crippen LogP contribution in [0.15, 0.2) is 0 Å². The van der Waals surface area contributed by atoms with E-state index < -0.39 is 0 Å². The number of aromatic nitrogens is 2. The number of rotatable bonds is 0. The zero-order valence-electron chi connectivity index (χ0n) is 5.55. The van der Waals surface area contributed by atoms with Gasteiger partial charge in [0.1, 0.15) is 15.7 Å². The first-order valence-electron chi connectivity index (χ1n) is 2.67. The molecule has 0 fully saturated rings. The summed E-state index contributed by atoms with van der Waals surface area (Å²) in [6, 6.07) is 0. The zero-order valence-corrected chi connectivity index (χ0v) is 5.55. The van der Waals surface area contributed by atoms with Crippen LogP contribution in [0.2, 0.25) is 0 Å². The van der Waals surface area contributed by atoms with Crippen LogP contribution in [-0.4, -0.2) is 25.5 Å². The molecule has 0 saturated carbocycles. The van der Waals surface area contributed by atoms with E-state index in [1.54, 1.807) is 11.7 Å². The number of aryl methyl sites for hydroxylation is 1. The fourth-order valence-electron chi connectivity index (χ4n) is 0.664. The summed E-state index contributed by atoms with van der Waals surface area (Å²) in [5.74, 6) is 0. The molecule has 4 radical (unpaired) electrons. The van der Waals surface area contributed by atoms with E-state index >= 15 is 0 Å². The third-order valence-corrected chi connectivity index (χ3v) is 1.37. The van der Waals surface area contributed by atoms with Crippen LogP contribution >= 0.6 is 0 Å². The van der Waals surface area contributed by atoms with Crippen LogP contribution in [0.25, 0.3) is 0 Å². The SMILES string of the molecule is [B]c1nn(C)c([B])c1C. The lowest BCUT2D eigenvalue weighted by Crippen LogP contribution is -2.16. The van der Waals surface area contributed by atoms with Crippen LogP contribution in [0.1, 0.15) is 5.56 Å². The van der Waals surface area contributed by atoms with Gasteiger partial charge in [0.15, 0.2) is 0 Å². The van der Waals surface area contributed by atoms with Crippen LogP contribution < -0.4 is 11.2 Å². The Labute approximate surface area is 57.1 Å². The molecule has 42 valence electrons. The fraction of sp³-hybridized carbons (Fsp3) is 0.400. The Morgan fingerprint density at radius 1 is 1.44 bits per heavy atom. The Balaban J connectivity index is 3.29. The van der Waals surface area contributed by atoms with Gasteiger partial charge in [0.05, 0.1) is 0 Å². The highest BCUT2D eigenvalue weighted by Gasteiger charge is 2.00. The Hall–Kier alpha value is -0.660. The van der Waals surface area contributed by atoms with E-state index in [0.29, 0.717) is 11.2 Å². The van der Waals surface area contributed by atoms with E-state index in [-0.39, 0.29) is 0 Å². The second kappa shape index (κ2) is 1.94. The van der Waals surface area contributed by atoms with Crippen molar-refractivity contribution in [3.05, 3.63) is 5.56 Å². The van der Waals surface area contributed by atoms with Crippen molar-refractivity contribution in [3.63, 3.8) is 0 Å². The average Bonchev–Trinajstić information content (AvgIpc) is 1.98. The number of nitrogens with zero attached hydrogens (tertiary/aromatic N) is 2. The molecule has 0 aliphatic heterocycles. The molecule has 0 amide bonds. The molecule has 0 aromatic carbocycles. The summed E-state index contributed by atoms with van der Waals surface area (Å²) in [5, 5.41) is 3.88. The minimum atomic E-state index is 0.509. The molecule has 0 aliphatic carbocycles. The van der Waals surface area contributed by atoms with Crippen LogP contribution in [-0.2, 0) is 7.05 Å². The van der Waals surface area contributed by atoms with Crippen LogP contribution in [0.5, 0.6) is 0 Å². The molecule has 1 aromatic heterocycles. The molecule has 0 atom stereocenters. The molecule has 0 unspecified atom stereocenters. The van der Waals surface area contributed by atoms with E-state index in [1.165, 1.54) is 0 Å². The lowest BCUT2D eigenvalue weighted by Gasteiger charge is -1.91. The van der Waals surface area contributed by atoms with Crippen LogP contribution in [0, 0.1) is 6.92 Å². The maximum Gasteiger partial charge on any atom is 0.144 e. The molecule has 9 heavy (non-hydrogen) atoms. The first-order chi connectivity index (χ1) is 4.13. The van der Waals surface area contributed by atoms with Crippen LogP contribution in [0.3, 0.4) is 0 Å². The van der Waals surface area contributed by atoms with Crippen molar-refractivity contribution >= 4 is 26.9 Å². The van der Waals surface area contributed by atoms with Gasteiger partial charge in [-0.05, 0) is 18.1 Å². The molecule has 0 N–H and O–H groups in total. The largest absolute Gasteiger partial charge is 0.284 e. The molecule has 1 heterocycles. The average molecular weight is 116 g/mol. The summed E-state index contributed by atoms with van der Waals surface area (Å²) in [7, 11) is 12.7. The van der Waals surface area contributed by atoms with Gasteiger partial charge in [0.25, 0.3) is 0 Å². The van der Waals surface area contributed by atoms with E-state index in [1.807, 2.05) is 6.92 Å². The second-order valence-electron chi connectivity index (χ2n) is 2.02. The molecular formula is C5H6B2N2. The van der Waals surface area contributed by atoms with Crippen molar-refractivity contribution in [1.82, 2.24) is 9.78 Å². The summed E-state index contributed by atoms with van der Waals surface area (Å²) in [5.41, 5.74) is 2.00. The highest BCUT2D eigenvalue weighted by atomic mass is 15.3. The molecule has 0 spiro atoms. The number of hydrogen-bond donors (Lipinski definition) is 0. The minimum absolute atomic E-state index is 0.509. The first kappa shape index (κ1) is 6.46. The van der Waals surface area contributed by atoms with E-state index in [0.717, 1.165) is 5.56 Å². The molecule has 0 aliphatic rings.